The van der Waals surface area contributed by atoms with E-state index in [0.29, 0.717) is 12.3 Å². The Balaban J connectivity index is 2.10. The lowest BCUT2D eigenvalue weighted by atomic mass is 9.83. The van der Waals surface area contributed by atoms with Crippen molar-refractivity contribution in [3.05, 3.63) is 34.9 Å². The number of aliphatic hydroxyl groups is 1. The van der Waals surface area contributed by atoms with Crippen molar-refractivity contribution in [2.75, 3.05) is 13.1 Å². The quantitative estimate of drug-likeness (QED) is 0.848. The number of nitrogens with one attached hydrogen (secondary N) is 1. The molecule has 0 bridgehead atoms. The molecule has 0 radical (unpaired) electrons. The molecule has 1 fully saturated rings. The summed E-state index contributed by atoms with van der Waals surface area (Å²) in [6.45, 7) is 3.81. The Morgan fingerprint density at radius 3 is 2.88 bits per heavy atom. The van der Waals surface area contributed by atoms with E-state index in [0.717, 1.165) is 30.1 Å². The van der Waals surface area contributed by atoms with E-state index in [1.165, 1.54) is 0 Å². The molecule has 3 heteroatoms. The molecule has 0 aromatic heterocycles. The Hall–Kier alpha value is -0.570. The summed E-state index contributed by atoms with van der Waals surface area (Å²) in [6.07, 6.45) is 1.66. The van der Waals surface area contributed by atoms with Crippen molar-refractivity contribution in [2.24, 2.45) is 5.92 Å². The van der Waals surface area contributed by atoms with Crippen LogP contribution in [0, 0.1) is 5.92 Å². The molecule has 1 aromatic rings. The molecule has 0 spiro atoms. The fraction of sp³-hybridized carbons (Fsp3) is 0.538. The first-order valence-corrected chi connectivity index (χ1v) is 6.14. The van der Waals surface area contributed by atoms with Crippen LogP contribution in [0.25, 0.3) is 0 Å². The Kier molecular flexibility index (Phi) is 3.53. The Morgan fingerprint density at radius 2 is 2.25 bits per heavy atom. The summed E-state index contributed by atoms with van der Waals surface area (Å²) in [5.41, 5.74) is 0.357. The van der Waals surface area contributed by atoms with Crippen LogP contribution in [0.1, 0.15) is 18.9 Å². The second-order valence-corrected chi connectivity index (χ2v) is 5.22. The van der Waals surface area contributed by atoms with Gasteiger partial charge in [-0.3, -0.25) is 0 Å². The molecule has 0 saturated carbocycles. The highest BCUT2D eigenvalue weighted by atomic mass is 35.5. The first-order chi connectivity index (χ1) is 7.59. The van der Waals surface area contributed by atoms with Gasteiger partial charge in [-0.05, 0) is 31.5 Å². The van der Waals surface area contributed by atoms with Crippen molar-refractivity contribution < 1.29 is 5.11 Å². The predicted molar refractivity (Wildman–Crippen MR) is 66.8 cm³/mol. The van der Waals surface area contributed by atoms with Crippen molar-refractivity contribution in [2.45, 2.75) is 25.4 Å². The molecule has 2 atom stereocenters. The van der Waals surface area contributed by atoms with Gasteiger partial charge in [0.25, 0.3) is 0 Å². The fourth-order valence-electron chi connectivity index (χ4n) is 2.36. The lowest BCUT2D eigenvalue weighted by Gasteiger charge is -2.30. The molecule has 1 saturated heterocycles. The average Bonchev–Trinajstić information content (AvgIpc) is 2.75. The highest BCUT2D eigenvalue weighted by Crippen LogP contribution is 2.29. The molecular weight excluding hydrogens is 222 g/mol. The third-order valence-electron chi connectivity index (χ3n) is 3.45. The largest absolute Gasteiger partial charge is 0.389 e. The van der Waals surface area contributed by atoms with Crippen LogP contribution in [0.4, 0.5) is 0 Å². The molecule has 1 heterocycles. The zero-order chi connectivity index (χ0) is 11.6. The molecule has 2 nitrogen and oxygen atoms in total. The van der Waals surface area contributed by atoms with Crippen LogP contribution >= 0.6 is 11.6 Å². The van der Waals surface area contributed by atoms with Crippen LogP contribution in [-0.2, 0) is 6.42 Å². The highest BCUT2D eigenvalue weighted by molar-refractivity contribution is 6.31. The first-order valence-electron chi connectivity index (χ1n) is 5.76. The van der Waals surface area contributed by atoms with Gasteiger partial charge in [-0.25, -0.2) is 0 Å². The normalized spacial score (nSPS) is 24.3. The van der Waals surface area contributed by atoms with Crippen LogP contribution in [0.15, 0.2) is 24.3 Å². The van der Waals surface area contributed by atoms with Crippen LogP contribution in [-0.4, -0.2) is 23.8 Å². The summed E-state index contributed by atoms with van der Waals surface area (Å²) in [4.78, 5) is 0. The van der Waals surface area contributed by atoms with Crippen molar-refractivity contribution in [3.8, 4) is 0 Å². The van der Waals surface area contributed by atoms with Gasteiger partial charge in [-0.1, -0.05) is 29.8 Å². The second kappa shape index (κ2) is 4.74. The van der Waals surface area contributed by atoms with Gasteiger partial charge in [0.15, 0.2) is 0 Å². The highest BCUT2D eigenvalue weighted by Gasteiger charge is 2.34. The van der Waals surface area contributed by atoms with Gasteiger partial charge in [-0.15, -0.1) is 0 Å². The zero-order valence-corrected chi connectivity index (χ0v) is 10.3. The zero-order valence-electron chi connectivity index (χ0n) is 9.54. The summed E-state index contributed by atoms with van der Waals surface area (Å²) in [7, 11) is 0. The molecule has 88 valence electrons. The van der Waals surface area contributed by atoms with E-state index in [9.17, 15) is 5.11 Å². The first kappa shape index (κ1) is 11.9. The molecule has 0 amide bonds. The maximum atomic E-state index is 10.5. The third kappa shape index (κ3) is 2.57. The van der Waals surface area contributed by atoms with Gasteiger partial charge in [0.1, 0.15) is 0 Å². The van der Waals surface area contributed by atoms with Gasteiger partial charge in [0, 0.05) is 23.9 Å². The summed E-state index contributed by atoms with van der Waals surface area (Å²) < 4.78 is 0. The summed E-state index contributed by atoms with van der Waals surface area (Å²) in [6, 6.07) is 7.74. The minimum absolute atomic E-state index is 0.323. The Labute approximate surface area is 102 Å². The Bertz CT molecular complexity index is 359. The molecule has 1 aliphatic heterocycles. The van der Waals surface area contributed by atoms with Gasteiger partial charge in [0.2, 0.25) is 0 Å². The molecule has 2 unspecified atom stereocenters. The van der Waals surface area contributed by atoms with Crippen LogP contribution in [0.5, 0.6) is 0 Å². The van der Waals surface area contributed by atoms with Gasteiger partial charge in [-0.2, -0.15) is 0 Å². The van der Waals surface area contributed by atoms with Crippen molar-refractivity contribution >= 4 is 11.6 Å². The van der Waals surface area contributed by atoms with Crippen molar-refractivity contribution in [1.82, 2.24) is 5.32 Å². The molecule has 1 aliphatic rings. The predicted octanol–water partition coefficient (Wildman–Crippen LogP) is 2.24. The lowest BCUT2D eigenvalue weighted by Crippen LogP contribution is -2.38. The standard InChI is InChI=1S/C13H18ClNO/c1-13(16,11-6-7-15-9-11)8-10-4-2-3-5-12(10)14/h2-5,11,15-16H,6-9H2,1H3. The summed E-state index contributed by atoms with van der Waals surface area (Å²) in [5.74, 6) is 0.323. The van der Waals surface area contributed by atoms with E-state index in [1.807, 2.05) is 31.2 Å². The number of rotatable bonds is 3. The van der Waals surface area contributed by atoms with Gasteiger partial charge >= 0.3 is 0 Å². The second-order valence-electron chi connectivity index (χ2n) is 4.82. The van der Waals surface area contributed by atoms with Crippen molar-refractivity contribution in [1.29, 1.82) is 0 Å². The number of hydrogen-bond acceptors (Lipinski definition) is 2. The smallest absolute Gasteiger partial charge is 0.0701 e. The summed E-state index contributed by atoms with van der Waals surface area (Å²) >= 11 is 6.11. The molecule has 2 rings (SSSR count). The van der Waals surface area contributed by atoms with E-state index in [1.54, 1.807) is 0 Å². The van der Waals surface area contributed by atoms with E-state index in [2.05, 4.69) is 5.32 Å². The fourth-order valence-corrected chi connectivity index (χ4v) is 2.56. The summed E-state index contributed by atoms with van der Waals surface area (Å²) in [5, 5.41) is 14.5. The van der Waals surface area contributed by atoms with Crippen LogP contribution in [0.2, 0.25) is 5.02 Å². The molecule has 16 heavy (non-hydrogen) atoms. The third-order valence-corrected chi connectivity index (χ3v) is 3.81. The Morgan fingerprint density at radius 1 is 1.50 bits per heavy atom. The molecule has 2 N–H and O–H groups in total. The average molecular weight is 240 g/mol. The lowest BCUT2D eigenvalue weighted by molar-refractivity contribution is 0.00728. The maximum absolute atomic E-state index is 10.5. The van der Waals surface area contributed by atoms with Gasteiger partial charge in [0.05, 0.1) is 5.60 Å². The van der Waals surface area contributed by atoms with E-state index in [-0.39, 0.29) is 0 Å². The SMILES string of the molecule is CC(O)(Cc1ccccc1Cl)C1CCNC1. The van der Waals surface area contributed by atoms with E-state index in [4.69, 9.17) is 11.6 Å². The van der Waals surface area contributed by atoms with Gasteiger partial charge < -0.3 is 10.4 Å². The maximum Gasteiger partial charge on any atom is 0.0701 e. The molecule has 0 aliphatic carbocycles. The van der Waals surface area contributed by atoms with Crippen LogP contribution < -0.4 is 5.32 Å². The number of hydrogen-bond donors (Lipinski definition) is 2. The van der Waals surface area contributed by atoms with Crippen LogP contribution in [0.3, 0.4) is 0 Å². The molecule has 1 aromatic carbocycles. The molecular formula is C13H18ClNO. The monoisotopic (exact) mass is 239 g/mol. The topological polar surface area (TPSA) is 32.3 Å². The minimum atomic E-state index is -0.672. The van der Waals surface area contributed by atoms with E-state index >= 15 is 0 Å². The van der Waals surface area contributed by atoms with Crippen molar-refractivity contribution in [3.63, 3.8) is 0 Å². The number of halogens is 1. The minimum Gasteiger partial charge on any atom is -0.389 e. The van der Waals surface area contributed by atoms with E-state index < -0.39 is 5.60 Å². The number of benzene rings is 1.